The standard InChI is InChI=1S/C15H24N4O2/c1-12-4-3-8-19(11-12)9-7-16-15(20)18-13-5-6-14(21-2)17-10-13/h5-6,10,12H,3-4,7-9,11H2,1-2H3,(H2,16,18,20)/t12-/m0/s1. The number of amides is 2. The number of urea groups is 1. The number of piperidine rings is 1. The smallest absolute Gasteiger partial charge is 0.319 e. The molecule has 2 amide bonds. The van der Waals surface area contributed by atoms with Crippen LogP contribution in [0.25, 0.3) is 0 Å². The number of nitrogens with one attached hydrogen (secondary N) is 2. The van der Waals surface area contributed by atoms with Crippen molar-refractivity contribution in [2.24, 2.45) is 5.92 Å². The van der Waals surface area contributed by atoms with Gasteiger partial charge in [-0.05, 0) is 31.4 Å². The van der Waals surface area contributed by atoms with Crippen LogP contribution in [0.15, 0.2) is 18.3 Å². The van der Waals surface area contributed by atoms with Crippen LogP contribution in [0.5, 0.6) is 5.88 Å². The fourth-order valence-corrected chi connectivity index (χ4v) is 2.57. The van der Waals surface area contributed by atoms with Gasteiger partial charge in [-0.15, -0.1) is 0 Å². The minimum absolute atomic E-state index is 0.202. The van der Waals surface area contributed by atoms with E-state index in [4.69, 9.17) is 4.74 Å². The van der Waals surface area contributed by atoms with Crippen molar-refractivity contribution in [1.29, 1.82) is 0 Å². The van der Waals surface area contributed by atoms with Crippen molar-refractivity contribution >= 4 is 11.7 Å². The summed E-state index contributed by atoms with van der Waals surface area (Å²) in [5, 5.41) is 5.62. The summed E-state index contributed by atoms with van der Waals surface area (Å²) in [6, 6.07) is 3.27. The highest BCUT2D eigenvalue weighted by atomic mass is 16.5. The van der Waals surface area contributed by atoms with Crippen LogP contribution in [0.3, 0.4) is 0 Å². The highest BCUT2D eigenvalue weighted by molar-refractivity contribution is 5.88. The van der Waals surface area contributed by atoms with Gasteiger partial charge in [0.25, 0.3) is 0 Å². The maximum atomic E-state index is 11.8. The first kappa shape index (κ1) is 15.6. The van der Waals surface area contributed by atoms with Gasteiger partial charge < -0.3 is 20.3 Å². The lowest BCUT2D eigenvalue weighted by Gasteiger charge is -2.30. The molecule has 6 nitrogen and oxygen atoms in total. The largest absolute Gasteiger partial charge is 0.481 e. The normalized spacial score (nSPS) is 19.0. The molecule has 21 heavy (non-hydrogen) atoms. The Hall–Kier alpha value is -1.82. The Morgan fingerprint density at radius 2 is 2.38 bits per heavy atom. The van der Waals surface area contributed by atoms with E-state index in [9.17, 15) is 4.79 Å². The van der Waals surface area contributed by atoms with Crippen LogP contribution in [0.1, 0.15) is 19.8 Å². The SMILES string of the molecule is COc1ccc(NC(=O)NCCN2CCC[C@H](C)C2)cn1. The number of hydrogen-bond donors (Lipinski definition) is 2. The number of nitrogens with zero attached hydrogens (tertiary/aromatic N) is 2. The number of hydrogen-bond acceptors (Lipinski definition) is 4. The van der Waals surface area contributed by atoms with Crippen molar-refractivity contribution in [3.63, 3.8) is 0 Å². The molecule has 1 saturated heterocycles. The lowest BCUT2D eigenvalue weighted by atomic mass is 10.0. The quantitative estimate of drug-likeness (QED) is 0.870. The van der Waals surface area contributed by atoms with Crippen molar-refractivity contribution < 1.29 is 9.53 Å². The molecule has 0 unspecified atom stereocenters. The van der Waals surface area contributed by atoms with Crippen LogP contribution in [0, 0.1) is 5.92 Å². The summed E-state index contributed by atoms with van der Waals surface area (Å²) in [5.74, 6) is 1.29. The molecular formula is C15H24N4O2. The Morgan fingerprint density at radius 3 is 3.05 bits per heavy atom. The maximum absolute atomic E-state index is 11.8. The molecular weight excluding hydrogens is 268 g/mol. The average molecular weight is 292 g/mol. The van der Waals surface area contributed by atoms with E-state index >= 15 is 0 Å². The highest BCUT2D eigenvalue weighted by Crippen LogP contribution is 2.14. The molecule has 0 aromatic carbocycles. The first-order chi connectivity index (χ1) is 10.2. The molecule has 6 heteroatoms. The number of ether oxygens (including phenoxy) is 1. The number of methoxy groups -OCH3 is 1. The lowest BCUT2D eigenvalue weighted by molar-refractivity contribution is 0.184. The van der Waals surface area contributed by atoms with E-state index in [1.165, 1.54) is 12.8 Å². The van der Waals surface area contributed by atoms with E-state index in [1.54, 1.807) is 25.4 Å². The highest BCUT2D eigenvalue weighted by Gasteiger charge is 2.15. The van der Waals surface area contributed by atoms with E-state index in [0.717, 1.165) is 25.6 Å². The third-order valence-corrected chi connectivity index (χ3v) is 3.66. The van der Waals surface area contributed by atoms with Crippen molar-refractivity contribution in [2.45, 2.75) is 19.8 Å². The van der Waals surface area contributed by atoms with Crippen LogP contribution >= 0.6 is 0 Å². The van der Waals surface area contributed by atoms with E-state index in [1.807, 2.05) is 0 Å². The predicted molar refractivity (Wildman–Crippen MR) is 82.6 cm³/mol. The fraction of sp³-hybridized carbons (Fsp3) is 0.600. The zero-order valence-corrected chi connectivity index (χ0v) is 12.8. The van der Waals surface area contributed by atoms with Gasteiger partial charge in [-0.25, -0.2) is 9.78 Å². The maximum Gasteiger partial charge on any atom is 0.319 e. The summed E-state index contributed by atoms with van der Waals surface area (Å²) < 4.78 is 4.97. The van der Waals surface area contributed by atoms with Gasteiger partial charge in [0, 0.05) is 25.7 Å². The number of carbonyl (C=O) groups is 1. The summed E-state index contributed by atoms with van der Waals surface area (Å²) in [6.07, 6.45) is 4.14. The van der Waals surface area contributed by atoms with Crippen molar-refractivity contribution in [1.82, 2.24) is 15.2 Å². The van der Waals surface area contributed by atoms with Crippen molar-refractivity contribution in [3.8, 4) is 5.88 Å². The van der Waals surface area contributed by atoms with E-state index < -0.39 is 0 Å². The molecule has 116 valence electrons. The summed E-state index contributed by atoms with van der Waals surface area (Å²) in [6.45, 7) is 6.10. The zero-order valence-electron chi connectivity index (χ0n) is 12.8. The van der Waals surface area contributed by atoms with Crippen LogP contribution in [0.4, 0.5) is 10.5 Å². The summed E-state index contributed by atoms with van der Waals surface area (Å²) in [5.41, 5.74) is 0.653. The zero-order chi connectivity index (χ0) is 15.1. The van der Waals surface area contributed by atoms with Crippen LogP contribution in [-0.2, 0) is 0 Å². The summed E-state index contributed by atoms with van der Waals surface area (Å²) >= 11 is 0. The van der Waals surface area contributed by atoms with E-state index in [0.29, 0.717) is 18.1 Å². The second kappa shape index (κ2) is 7.83. The van der Waals surface area contributed by atoms with E-state index in [-0.39, 0.29) is 6.03 Å². The van der Waals surface area contributed by atoms with Crippen molar-refractivity contribution in [3.05, 3.63) is 18.3 Å². The third-order valence-electron chi connectivity index (χ3n) is 3.66. The van der Waals surface area contributed by atoms with Gasteiger partial charge in [0.1, 0.15) is 0 Å². The fourth-order valence-electron chi connectivity index (χ4n) is 2.57. The predicted octanol–water partition coefficient (Wildman–Crippen LogP) is 1.94. The number of rotatable bonds is 5. The number of aromatic nitrogens is 1. The molecule has 0 saturated carbocycles. The first-order valence-electron chi connectivity index (χ1n) is 7.44. The molecule has 0 bridgehead atoms. The second-order valence-corrected chi connectivity index (χ2v) is 5.52. The molecule has 1 atom stereocenters. The number of likely N-dealkylation sites (tertiary alicyclic amines) is 1. The molecule has 2 rings (SSSR count). The molecule has 0 radical (unpaired) electrons. The minimum Gasteiger partial charge on any atom is -0.481 e. The van der Waals surface area contributed by atoms with Gasteiger partial charge in [0.15, 0.2) is 0 Å². The Balaban J connectivity index is 1.67. The third kappa shape index (κ3) is 5.23. The summed E-state index contributed by atoms with van der Waals surface area (Å²) in [4.78, 5) is 18.2. The van der Waals surface area contributed by atoms with Gasteiger partial charge in [-0.2, -0.15) is 0 Å². The van der Waals surface area contributed by atoms with Crippen LogP contribution in [0.2, 0.25) is 0 Å². The van der Waals surface area contributed by atoms with Gasteiger partial charge in [0.05, 0.1) is 19.0 Å². The number of pyridine rings is 1. The monoisotopic (exact) mass is 292 g/mol. The molecule has 1 aliphatic rings. The molecule has 2 heterocycles. The molecule has 1 aromatic heterocycles. The Morgan fingerprint density at radius 1 is 1.52 bits per heavy atom. The summed E-state index contributed by atoms with van der Waals surface area (Å²) in [7, 11) is 1.56. The Bertz CT molecular complexity index is 449. The Kier molecular flexibility index (Phi) is 5.80. The topological polar surface area (TPSA) is 66.5 Å². The number of carbonyl (C=O) groups excluding carboxylic acids is 1. The molecule has 0 spiro atoms. The van der Waals surface area contributed by atoms with Gasteiger partial charge in [-0.3, -0.25) is 0 Å². The van der Waals surface area contributed by atoms with Crippen LogP contribution in [-0.4, -0.2) is 49.2 Å². The molecule has 0 aliphatic carbocycles. The minimum atomic E-state index is -0.202. The lowest BCUT2D eigenvalue weighted by Crippen LogP contribution is -2.41. The number of anilines is 1. The Labute approximate surface area is 125 Å². The molecule has 1 aliphatic heterocycles. The van der Waals surface area contributed by atoms with Gasteiger partial charge in [-0.1, -0.05) is 6.92 Å². The van der Waals surface area contributed by atoms with E-state index in [2.05, 4.69) is 27.4 Å². The second-order valence-electron chi connectivity index (χ2n) is 5.52. The first-order valence-corrected chi connectivity index (χ1v) is 7.44. The molecule has 2 N–H and O–H groups in total. The molecule has 1 aromatic rings. The van der Waals surface area contributed by atoms with Crippen LogP contribution < -0.4 is 15.4 Å². The molecule has 1 fully saturated rings. The van der Waals surface area contributed by atoms with Gasteiger partial charge in [0.2, 0.25) is 5.88 Å². The average Bonchev–Trinajstić information content (AvgIpc) is 2.48. The van der Waals surface area contributed by atoms with Crippen molar-refractivity contribution in [2.75, 3.05) is 38.6 Å². The van der Waals surface area contributed by atoms with Gasteiger partial charge >= 0.3 is 6.03 Å².